The molecule has 0 saturated carbocycles. The summed E-state index contributed by atoms with van der Waals surface area (Å²) in [7, 11) is -3.90. The van der Waals surface area contributed by atoms with E-state index in [1.807, 2.05) is 0 Å². The van der Waals surface area contributed by atoms with Crippen molar-refractivity contribution in [1.29, 1.82) is 0 Å². The highest BCUT2D eigenvalue weighted by molar-refractivity contribution is 8.02. The molecule has 7 nitrogen and oxygen atoms in total. The van der Waals surface area contributed by atoms with Crippen LogP contribution in [0.5, 0.6) is 5.75 Å². The van der Waals surface area contributed by atoms with Crippen molar-refractivity contribution in [3.63, 3.8) is 0 Å². The van der Waals surface area contributed by atoms with Crippen LogP contribution in [0.15, 0.2) is 29.2 Å². The lowest BCUT2D eigenvalue weighted by atomic mass is 10.0. The minimum atomic E-state index is -3.90. The summed E-state index contributed by atoms with van der Waals surface area (Å²) in [5, 5.41) is 8.96. The lowest BCUT2D eigenvalue weighted by molar-refractivity contribution is -0.133. The first-order chi connectivity index (χ1) is 11.7. The number of ether oxygens (including phenoxy) is 1. The number of thioether (sulfide) groups is 1. The predicted molar refractivity (Wildman–Crippen MR) is 94.7 cm³/mol. The van der Waals surface area contributed by atoms with E-state index < -0.39 is 26.7 Å². The van der Waals surface area contributed by atoms with Crippen molar-refractivity contribution in [2.24, 2.45) is 0 Å². The van der Waals surface area contributed by atoms with Gasteiger partial charge < -0.3 is 4.74 Å². The Morgan fingerprint density at radius 1 is 1.44 bits per heavy atom. The van der Waals surface area contributed by atoms with Crippen molar-refractivity contribution < 1.29 is 23.2 Å². The Morgan fingerprint density at radius 2 is 2.08 bits per heavy atom. The molecule has 1 heterocycles. The van der Waals surface area contributed by atoms with Crippen molar-refractivity contribution in [2.45, 2.75) is 36.5 Å². The van der Waals surface area contributed by atoms with Crippen LogP contribution >= 0.6 is 11.8 Å². The molecule has 1 fully saturated rings. The zero-order valence-electron chi connectivity index (χ0n) is 14.1. The highest BCUT2D eigenvalue weighted by Crippen LogP contribution is 2.42. The summed E-state index contributed by atoms with van der Waals surface area (Å²) >= 11 is 1.33. The van der Waals surface area contributed by atoms with Crippen LogP contribution in [0, 0.1) is 11.8 Å². The molecule has 0 aliphatic carbocycles. The first-order valence-corrected chi connectivity index (χ1v) is 9.89. The maximum atomic E-state index is 12.9. The van der Waals surface area contributed by atoms with Crippen LogP contribution in [-0.2, 0) is 14.8 Å². The number of hydroxylamine groups is 1. The van der Waals surface area contributed by atoms with Gasteiger partial charge in [-0.25, -0.2) is 13.9 Å². The van der Waals surface area contributed by atoms with Gasteiger partial charge in [-0.15, -0.1) is 17.7 Å². The Hall–Kier alpha value is -1.73. The van der Waals surface area contributed by atoms with E-state index in [0.717, 1.165) is 4.31 Å². The number of sulfonamides is 1. The highest BCUT2D eigenvalue weighted by Gasteiger charge is 2.51. The maximum Gasteiger partial charge on any atom is 0.263 e. The molecule has 2 rings (SSSR count). The predicted octanol–water partition coefficient (Wildman–Crippen LogP) is 1.44. The maximum absolute atomic E-state index is 12.9. The third-order valence-electron chi connectivity index (χ3n) is 3.79. The molecule has 0 bridgehead atoms. The molecule has 1 atom stereocenters. The average molecular weight is 384 g/mol. The van der Waals surface area contributed by atoms with Crippen LogP contribution in [0.3, 0.4) is 0 Å². The first-order valence-electron chi connectivity index (χ1n) is 7.46. The molecular formula is C16H20N2O5S2. The van der Waals surface area contributed by atoms with Gasteiger partial charge in [0.15, 0.2) is 0 Å². The first kappa shape index (κ1) is 19.6. The van der Waals surface area contributed by atoms with Gasteiger partial charge >= 0.3 is 0 Å². The highest BCUT2D eigenvalue weighted by atomic mass is 32.2. The minimum Gasteiger partial charge on any atom is -0.481 e. The van der Waals surface area contributed by atoms with Gasteiger partial charge in [0.1, 0.15) is 18.4 Å². The normalized spacial score (nSPS) is 19.8. The molecule has 136 valence electrons. The molecule has 0 unspecified atom stereocenters. The topological polar surface area (TPSA) is 95.9 Å². The van der Waals surface area contributed by atoms with E-state index in [4.69, 9.17) is 9.94 Å². The molecule has 2 N–H and O–H groups in total. The Morgan fingerprint density at radius 3 is 2.64 bits per heavy atom. The summed E-state index contributed by atoms with van der Waals surface area (Å²) in [5.41, 5.74) is 1.56. The Labute approximate surface area is 151 Å². The van der Waals surface area contributed by atoms with Gasteiger partial charge in [-0.05, 0) is 45.0 Å². The fourth-order valence-electron chi connectivity index (χ4n) is 2.48. The lowest BCUT2D eigenvalue weighted by Crippen LogP contribution is -2.52. The number of benzene rings is 1. The van der Waals surface area contributed by atoms with Gasteiger partial charge in [-0.1, -0.05) is 5.92 Å². The molecule has 1 aromatic carbocycles. The van der Waals surface area contributed by atoms with Crippen LogP contribution in [0.4, 0.5) is 0 Å². The van der Waals surface area contributed by atoms with E-state index in [1.54, 1.807) is 38.4 Å². The minimum absolute atomic E-state index is 0.0514. The van der Waals surface area contributed by atoms with E-state index in [9.17, 15) is 13.2 Å². The summed E-state index contributed by atoms with van der Waals surface area (Å²) in [5.74, 6) is 5.32. The number of nitrogens with zero attached hydrogens (tertiary/aromatic N) is 1. The fourth-order valence-corrected chi connectivity index (χ4v) is 5.65. The van der Waals surface area contributed by atoms with Gasteiger partial charge in [0, 0.05) is 4.75 Å². The Balaban J connectivity index is 2.28. The summed E-state index contributed by atoms with van der Waals surface area (Å²) in [4.78, 5) is 12.1. The smallest absolute Gasteiger partial charge is 0.263 e. The van der Waals surface area contributed by atoms with Crippen molar-refractivity contribution in [3.05, 3.63) is 24.3 Å². The number of hydrogen-bond donors (Lipinski definition) is 2. The fraction of sp³-hybridized carbons (Fsp3) is 0.438. The van der Waals surface area contributed by atoms with Crippen LogP contribution in [0.25, 0.3) is 0 Å². The summed E-state index contributed by atoms with van der Waals surface area (Å²) in [6, 6.07) is 4.92. The van der Waals surface area contributed by atoms with E-state index >= 15 is 0 Å². The molecule has 0 aromatic heterocycles. The average Bonchev–Trinajstić information content (AvgIpc) is 2.91. The number of carbonyl (C=O) groups is 1. The molecule has 1 amide bonds. The second-order valence-electron chi connectivity index (χ2n) is 5.83. The molecule has 0 radical (unpaired) electrons. The van der Waals surface area contributed by atoms with Gasteiger partial charge in [0.25, 0.3) is 5.91 Å². The zero-order chi connectivity index (χ0) is 18.7. The monoisotopic (exact) mass is 384 g/mol. The molecule has 1 aromatic rings. The molecule has 1 aliphatic rings. The van der Waals surface area contributed by atoms with Crippen molar-refractivity contribution in [1.82, 2.24) is 9.79 Å². The van der Waals surface area contributed by atoms with Crippen LogP contribution in [-0.4, -0.2) is 47.1 Å². The summed E-state index contributed by atoms with van der Waals surface area (Å²) in [6.07, 6.45) is 0. The Bertz CT molecular complexity index is 794. The third-order valence-corrected chi connectivity index (χ3v) is 7.15. The number of nitrogens with one attached hydrogen (secondary N) is 1. The second kappa shape index (κ2) is 7.66. The van der Waals surface area contributed by atoms with Crippen molar-refractivity contribution in [3.8, 4) is 17.6 Å². The molecular weight excluding hydrogens is 364 g/mol. The van der Waals surface area contributed by atoms with Crippen LogP contribution in [0.1, 0.15) is 20.8 Å². The molecule has 1 aliphatic heterocycles. The summed E-state index contributed by atoms with van der Waals surface area (Å²) in [6.45, 7) is 5.45. The van der Waals surface area contributed by atoms with Crippen molar-refractivity contribution in [2.75, 3.05) is 12.5 Å². The van der Waals surface area contributed by atoms with Crippen LogP contribution in [0.2, 0.25) is 0 Å². The van der Waals surface area contributed by atoms with E-state index in [1.165, 1.54) is 23.9 Å². The van der Waals surface area contributed by atoms with Crippen LogP contribution < -0.4 is 10.2 Å². The Kier molecular flexibility index (Phi) is 6.00. The largest absolute Gasteiger partial charge is 0.481 e. The van der Waals surface area contributed by atoms with E-state index in [-0.39, 0.29) is 17.4 Å². The second-order valence-corrected chi connectivity index (χ2v) is 9.32. The zero-order valence-corrected chi connectivity index (χ0v) is 15.8. The van der Waals surface area contributed by atoms with Gasteiger partial charge in [0.05, 0.1) is 10.8 Å². The number of amides is 1. The van der Waals surface area contributed by atoms with Gasteiger partial charge in [-0.3, -0.25) is 10.0 Å². The lowest BCUT2D eigenvalue weighted by Gasteiger charge is -2.28. The summed E-state index contributed by atoms with van der Waals surface area (Å²) < 4.78 is 31.6. The SMILES string of the molecule is CC#CCOc1ccc(S(=O)(=O)N2CSC(C)(C)[C@@H]2C(=O)NO)cc1. The molecule has 25 heavy (non-hydrogen) atoms. The number of hydrogen-bond acceptors (Lipinski definition) is 6. The molecule has 1 saturated heterocycles. The van der Waals surface area contributed by atoms with Gasteiger partial charge in [0.2, 0.25) is 10.0 Å². The standard InChI is InChI=1S/C16H20N2O5S2/c1-4-5-10-23-12-6-8-13(9-7-12)25(21,22)18-11-24-16(2,3)14(18)15(19)17-20/h6-9,14,20H,10-11H2,1-3H3,(H,17,19)/t14-/m0/s1. The van der Waals surface area contributed by atoms with E-state index in [2.05, 4.69) is 11.8 Å². The number of rotatable bonds is 5. The van der Waals surface area contributed by atoms with E-state index in [0.29, 0.717) is 5.75 Å². The van der Waals surface area contributed by atoms with Gasteiger partial charge in [-0.2, -0.15) is 4.31 Å². The number of carbonyl (C=O) groups excluding carboxylic acids is 1. The third kappa shape index (κ3) is 4.10. The quantitative estimate of drug-likeness (QED) is 0.453. The molecule has 9 heteroatoms. The molecule has 0 spiro atoms. The van der Waals surface area contributed by atoms with Crippen molar-refractivity contribution >= 4 is 27.7 Å².